The number of halogens is 3. The highest BCUT2D eigenvalue weighted by molar-refractivity contribution is 5.93. The van der Waals surface area contributed by atoms with Gasteiger partial charge in [0.05, 0.1) is 12.3 Å². The molecule has 3 heterocycles. The highest BCUT2D eigenvalue weighted by atomic mass is 19.4. The lowest BCUT2D eigenvalue weighted by atomic mass is 10.1. The van der Waals surface area contributed by atoms with Gasteiger partial charge in [-0.1, -0.05) is 30.3 Å². The van der Waals surface area contributed by atoms with E-state index < -0.39 is 17.8 Å². The maximum absolute atomic E-state index is 13.6. The van der Waals surface area contributed by atoms with Crippen LogP contribution in [0, 0.1) is 0 Å². The third-order valence-corrected chi connectivity index (χ3v) is 4.37. The first-order chi connectivity index (χ1) is 13.8. The zero-order chi connectivity index (χ0) is 20.6. The summed E-state index contributed by atoms with van der Waals surface area (Å²) in [6, 6.07) is 14.0. The van der Waals surface area contributed by atoms with E-state index in [1.54, 1.807) is 13.0 Å². The van der Waals surface area contributed by atoms with Crippen molar-refractivity contribution in [2.75, 3.05) is 0 Å². The molecule has 4 aromatic rings. The molecule has 4 rings (SSSR count). The van der Waals surface area contributed by atoms with Gasteiger partial charge in [-0.25, -0.2) is 9.50 Å². The van der Waals surface area contributed by atoms with Crippen LogP contribution in [0.3, 0.4) is 0 Å². The minimum absolute atomic E-state index is 0.000614. The minimum Gasteiger partial charge on any atom is -0.463 e. The summed E-state index contributed by atoms with van der Waals surface area (Å²) in [7, 11) is 0. The number of fused-ring (bicyclic) bond motifs is 1. The predicted octanol–water partition coefficient (Wildman–Crippen LogP) is 4.50. The molecule has 3 aromatic heterocycles. The average molecular weight is 400 g/mol. The van der Waals surface area contributed by atoms with Gasteiger partial charge in [-0.3, -0.25) is 4.79 Å². The molecule has 9 heteroatoms. The number of alkyl halides is 3. The van der Waals surface area contributed by atoms with Crippen LogP contribution in [0.15, 0.2) is 65.3 Å². The quantitative estimate of drug-likeness (QED) is 0.548. The van der Waals surface area contributed by atoms with Crippen molar-refractivity contribution >= 4 is 11.6 Å². The number of nitrogens with zero attached hydrogens (tertiary/aromatic N) is 3. The summed E-state index contributed by atoms with van der Waals surface area (Å²) in [5, 5.41) is 6.57. The molecular formula is C20H15F3N4O2. The van der Waals surface area contributed by atoms with Crippen molar-refractivity contribution in [1.29, 1.82) is 0 Å². The van der Waals surface area contributed by atoms with E-state index in [1.165, 1.54) is 18.4 Å². The van der Waals surface area contributed by atoms with Crippen LogP contribution in [-0.4, -0.2) is 20.5 Å². The molecule has 0 saturated heterocycles. The average Bonchev–Trinajstić information content (AvgIpc) is 3.36. The van der Waals surface area contributed by atoms with E-state index in [2.05, 4.69) is 15.4 Å². The maximum Gasteiger partial charge on any atom is 0.433 e. The second-order valence-corrected chi connectivity index (χ2v) is 6.41. The molecule has 0 fully saturated rings. The summed E-state index contributed by atoms with van der Waals surface area (Å²) < 4.78 is 46.5. The first-order valence-electron chi connectivity index (χ1n) is 8.70. The molecule has 0 aliphatic rings. The first kappa shape index (κ1) is 18.7. The number of carbonyl (C=O) groups is 1. The Morgan fingerprint density at radius 2 is 1.90 bits per heavy atom. The Morgan fingerprint density at radius 3 is 2.55 bits per heavy atom. The van der Waals surface area contributed by atoms with Crippen molar-refractivity contribution in [1.82, 2.24) is 19.9 Å². The van der Waals surface area contributed by atoms with Crippen molar-refractivity contribution in [3.8, 4) is 11.5 Å². The molecule has 0 aliphatic heterocycles. The molecule has 1 atom stereocenters. The maximum atomic E-state index is 13.6. The van der Waals surface area contributed by atoms with E-state index in [1.807, 2.05) is 30.3 Å². The molecule has 6 nitrogen and oxygen atoms in total. The van der Waals surface area contributed by atoms with Crippen LogP contribution in [0.5, 0.6) is 0 Å². The second-order valence-electron chi connectivity index (χ2n) is 6.41. The van der Waals surface area contributed by atoms with Crippen molar-refractivity contribution in [2.24, 2.45) is 0 Å². The Kier molecular flexibility index (Phi) is 4.57. The lowest BCUT2D eigenvalue weighted by Crippen LogP contribution is -2.27. The lowest BCUT2D eigenvalue weighted by molar-refractivity contribution is -0.142. The Labute approximate surface area is 163 Å². The van der Waals surface area contributed by atoms with Crippen LogP contribution in [0.2, 0.25) is 0 Å². The van der Waals surface area contributed by atoms with E-state index in [9.17, 15) is 18.0 Å². The third-order valence-electron chi connectivity index (χ3n) is 4.37. The smallest absolute Gasteiger partial charge is 0.433 e. The second kappa shape index (κ2) is 7.08. The van der Waals surface area contributed by atoms with Crippen molar-refractivity contribution in [3.63, 3.8) is 0 Å². The molecule has 0 radical (unpaired) electrons. The van der Waals surface area contributed by atoms with E-state index in [4.69, 9.17) is 4.42 Å². The zero-order valence-corrected chi connectivity index (χ0v) is 15.1. The Hall–Kier alpha value is -3.62. The molecule has 29 heavy (non-hydrogen) atoms. The number of amides is 1. The van der Waals surface area contributed by atoms with Crippen molar-refractivity contribution < 1.29 is 22.4 Å². The molecular weight excluding hydrogens is 385 g/mol. The Bertz CT molecular complexity index is 1150. The van der Waals surface area contributed by atoms with Crippen LogP contribution >= 0.6 is 0 Å². The third kappa shape index (κ3) is 3.71. The van der Waals surface area contributed by atoms with Crippen LogP contribution in [-0.2, 0) is 6.18 Å². The molecule has 1 aromatic carbocycles. The Morgan fingerprint density at radius 1 is 1.14 bits per heavy atom. The number of aromatic nitrogens is 3. The van der Waals surface area contributed by atoms with E-state index >= 15 is 0 Å². The Balaban J connectivity index is 1.72. The molecule has 148 valence electrons. The van der Waals surface area contributed by atoms with Gasteiger partial charge in [-0.15, -0.1) is 0 Å². The SMILES string of the molecule is C[C@@H](NC(=O)c1cc2nc(-c3ccco3)cc(C(F)(F)F)n2n1)c1ccccc1. The summed E-state index contributed by atoms with van der Waals surface area (Å²) in [6.45, 7) is 1.78. The normalized spacial score (nSPS) is 12.8. The topological polar surface area (TPSA) is 72.4 Å². The van der Waals surface area contributed by atoms with Gasteiger partial charge in [-0.05, 0) is 30.7 Å². The molecule has 0 aliphatic carbocycles. The van der Waals surface area contributed by atoms with E-state index in [0.29, 0.717) is 4.52 Å². The van der Waals surface area contributed by atoms with E-state index in [0.717, 1.165) is 11.6 Å². The van der Waals surface area contributed by atoms with Crippen molar-refractivity contribution in [3.05, 3.63) is 77.8 Å². The van der Waals surface area contributed by atoms with Crippen LogP contribution in [0.25, 0.3) is 17.1 Å². The fraction of sp³-hybridized carbons (Fsp3) is 0.150. The number of furan rings is 1. The van der Waals surface area contributed by atoms with Crippen LogP contribution in [0.1, 0.15) is 34.7 Å². The monoisotopic (exact) mass is 400 g/mol. The van der Waals surface area contributed by atoms with Gasteiger partial charge in [0.1, 0.15) is 5.69 Å². The molecule has 0 spiro atoms. The molecule has 1 amide bonds. The zero-order valence-electron chi connectivity index (χ0n) is 15.1. The summed E-state index contributed by atoms with van der Waals surface area (Å²) >= 11 is 0. The fourth-order valence-corrected chi connectivity index (χ4v) is 2.93. The summed E-state index contributed by atoms with van der Waals surface area (Å²) in [5.74, 6) is -0.414. The fourth-order valence-electron chi connectivity index (χ4n) is 2.93. The van der Waals surface area contributed by atoms with Crippen molar-refractivity contribution in [2.45, 2.75) is 19.1 Å². The molecule has 1 N–H and O–H groups in total. The van der Waals surface area contributed by atoms with Crippen LogP contribution in [0.4, 0.5) is 13.2 Å². The van der Waals surface area contributed by atoms with Crippen LogP contribution < -0.4 is 5.32 Å². The number of nitrogens with one attached hydrogen (secondary N) is 1. The van der Waals surface area contributed by atoms with Gasteiger partial charge >= 0.3 is 6.18 Å². The summed E-state index contributed by atoms with van der Waals surface area (Å²) in [6.07, 6.45) is -3.35. The largest absolute Gasteiger partial charge is 0.463 e. The molecule has 0 bridgehead atoms. The number of rotatable bonds is 4. The van der Waals surface area contributed by atoms with Gasteiger partial charge in [0.15, 0.2) is 22.8 Å². The van der Waals surface area contributed by atoms with Gasteiger partial charge < -0.3 is 9.73 Å². The highest BCUT2D eigenvalue weighted by Gasteiger charge is 2.36. The van der Waals surface area contributed by atoms with Gasteiger partial charge in [0.2, 0.25) is 0 Å². The molecule has 0 saturated carbocycles. The van der Waals surface area contributed by atoms with Gasteiger partial charge in [0, 0.05) is 6.07 Å². The first-order valence-corrected chi connectivity index (χ1v) is 8.70. The van der Waals surface area contributed by atoms with E-state index in [-0.39, 0.29) is 28.8 Å². The number of carbonyl (C=O) groups excluding carboxylic acids is 1. The van der Waals surface area contributed by atoms with Gasteiger partial charge in [0.25, 0.3) is 5.91 Å². The van der Waals surface area contributed by atoms with Gasteiger partial charge in [-0.2, -0.15) is 18.3 Å². The molecule has 0 unspecified atom stereocenters. The predicted molar refractivity (Wildman–Crippen MR) is 98.0 cm³/mol. The minimum atomic E-state index is -4.69. The summed E-state index contributed by atoms with van der Waals surface area (Å²) in [5.41, 5.74) is -0.465. The highest BCUT2D eigenvalue weighted by Crippen LogP contribution is 2.32. The summed E-state index contributed by atoms with van der Waals surface area (Å²) in [4.78, 5) is 16.7. The number of hydrogen-bond donors (Lipinski definition) is 1. The lowest BCUT2D eigenvalue weighted by Gasteiger charge is -2.13. The number of benzene rings is 1. The number of hydrogen-bond acceptors (Lipinski definition) is 4. The standard InChI is InChI=1S/C20H15F3N4O2/c1-12(13-6-3-2-4-7-13)24-19(28)15-11-18-25-14(16-8-5-9-29-16)10-17(20(21,22)23)27(18)26-15/h2-12H,1H3,(H,24,28)/t12-/m1/s1.